The van der Waals surface area contributed by atoms with Gasteiger partial charge in [-0.05, 0) is 0 Å². The quantitative estimate of drug-likeness (QED) is 0.751. The van der Waals surface area contributed by atoms with Gasteiger partial charge in [-0.3, -0.25) is 0 Å². The summed E-state index contributed by atoms with van der Waals surface area (Å²) < 4.78 is 1.94. The van der Waals surface area contributed by atoms with E-state index < -0.39 is 0 Å². The fraction of sp³-hybridized carbons (Fsp3) is 0. The zero-order chi connectivity index (χ0) is 9.80. The van der Waals surface area contributed by atoms with Crippen molar-refractivity contribution in [1.82, 2.24) is 9.97 Å². The van der Waals surface area contributed by atoms with Crippen LogP contribution in [0.2, 0.25) is 0 Å². The maximum atomic E-state index is 4.24. The Morgan fingerprint density at radius 1 is 0.857 bits per heavy atom. The van der Waals surface area contributed by atoms with Gasteiger partial charge in [0.05, 0.1) is 0 Å². The van der Waals surface area contributed by atoms with E-state index in [1.807, 2.05) is 57.0 Å². The molecule has 14 heavy (non-hydrogen) atoms. The van der Waals surface area contributed by atoms with Crippen LogP contribution in [0.5, 0.6) is 0 Å². The fourth-order valence-corrected chi connectivity index (χ4v) is 1.64. The molecular formula is C10H8GeN3. The molecule has 0 spiro atoms. The summed E-state index contributed by atoms with van der Waals surface area (Å²) in [7, 11) is 0. The standard InChI is InChI=1S/C10H8GeN3/c11-14(9-5-1-3-7-12-9)10-6-2-4-8-13-10/h1-8H. The molecule has 2 aromatic heterocycles. The van der Waals surface area contributed by atoms with Crippen molar-refractivity contribution in [2.75, 3.05) is 3.86 Å². The SMILES string of the molecule is [Ge][N](c1ccccn1)c1ccccn1. The Morgan fingerprint density at radius 2 is 1.36 bits per heavy atom. The molecule has 3 nitrogen and oxygen atoms in total. The first-order valence-electron chi connectivity index (χ1n) is 4.21. The number of hydrogen-bond acceptors (Lipinski definition) is 3. The minimum atomic E-state index is 0.895. The van der Waals surface area contributed by atoms with Crippen LogP contribution < -0.4 is 3.86 Å². The number of rotatable bonds is 2. The predicted octanol–water partition coefficient (Wildman–Crippen LogP) is 1.70. The maximum absolute atomic E-state index is 4.24. The summed E-state index contributed by atoms with van der Waals surface area (Å²) in [6.45, 7) is 0. The van der Waals surface area contributed by atoms with Crippen LogP contribution in [0.4, 0.5) is 11.6 Å². The Labute approximate surface area is 91.3 Å². The van der Waals surface area contributed by atoms with Gasteiger partial charge < -0.3 is 0 Å². The summed E-state index contributed by atoms with van der Waals surface area (Å²) in [4.78, 5) is 8.48. The Bertz CT molecular complexity index is 351. The Morgan fingerprint density at radius 3 is 1.71 bits per heavy atom. The van der Waals surface area contributed by atoms with Gasteiger partial charge in [0.25, 0.3) is 0 Å². The van der Waals surface area contributed by atoms with Gasteiger partial charge in [-0.2, -0.15) is 0 Å². The average Bonchev–Trinajstić information content (AvgIpc) is 2.30. The molecule has 4 heteroatoms. The van der Waals surface area contributed by atoms with Gasteiger partial charge in [0, 0.05) is 0 Å². The summed E-state index contributed by atoms with van der Waals surface area (Å²) >= 11 is 1.95. The summed E-state index contributed by atoms with van der Waals surface area (Å²) in [6, 6.07) is 11.6. The average molecular weight is 243 g/mol. The van der Waals surface area contributed by atoms with Gasteiger partial charge in [-0.1, -0.05) is 0 Å². The third-order valence-electron chi connectivity index (χ3n) is 1.76. The van der Waals surface area contributed by atoms with Crippen molar-refractivity contribution in [2.24, 2.45) is 0 Å². The number of pyridine rings is 2. The number of hydrogen-bond donors (Lipinski definition) is 0. The molecule has 0 bridgehead atoms. The Kier molecular flexibility index (Phi) is 2.79. The molecule has 2 rings (SSSR count). The zero-order valence-electron chi connectivity index (χ0n) is 7.46. The van der Waals surface area contributed by atoms with Crippen molar-refractivity contribution in [1.29, 1.82) is 0 Å². The number of anilines is 2. The minimum absolute atomic E-state index is 0.895. The second kappa shape index (κ2) is 4.24. The van der Waals surface area contributed by atoms with E-state index in [0.717, 1.165) is 11.6 Å². The van der Waals surface area contributed by atoms with Crippen LogP contribution in [0.25, 0.3) is 0 Å². The molecule has 0 aromatic carbocycles. The van der Waals surface area contributed by atoms with E-state index in [9.17, 15) is 0 Å². The molecule has 0 aliphatic rings. The summed E-state index contributed by atoms with van der Waals surface area (Å²) in [5.41, 5.74) is 0. The molecule has 0 aliphatic heterocycles. The van der Waals surface area contributed by atoms with Crippen LogP contribution in [0, 0.1) is 0 Å². The van der Waals surface area contributed by atoms with Crippen molar-refractivity contribution in [3.8, 4) is 0 Å². The molecule has 0 aliphatic carbocycles. The zero-order valence-corrected chi connectivity index (χ0v) is 9.56. The molecule has 2 heterocycles. The summed E-state index contributed by atoms with van der Waals surface area (Å²) in [5, 5.41) is 0. The van der Waals surface area contributed by atoms with Gasteiger partial charge >= 0.3 is 91.0 Å². The van der Waals surface area contributed by atoms with Crippen LogP contribution >= 0.6 is 0 Å². The molecule has 0 amide bonds. The van der Waals surface area contributed by atoms with Crippen molar-refractivity contribution < 1.29 is 0 Å². The predicted molar refractivity (Wildman–Crippen MR) is 56.4 cm³/mol. The van der Waals surface area contributed by atoms with E-state index in [1.165, 1.54) is 0 Å². The first kappa shape index (κ1) is 9.21. The van der Waals surface area contributed by atoms with Crippen LogP contribution in [0.3, 0.4) is 0 Å². The Balaban J connectivity index is 2.30. The van der Waals surface area contributed by atoms with Crippen molar-refractivity contribution >= 4 is 28.4 Å². The summed E-state index contributed by atoms with van der Waals surface area (Å²) in [5.74, 6) is 1.79. The van der Waals surface area contributed by atoms with Crippen molar-refractivity contribution in [2.45, 2.75) is 0 Å². The molecule has 67 valence electrons. The summed E-state index contributed by atoms with van der Waals surface area (Å²) in [6.07, 6.45) is 3.55. The third kappa shape index (κ3) is 1.93. The van der Waals surface area contributed by atoms with Crippen molar-refractivity contribution in [3.63, 3.8) is 0 Å². The first-order valence-corrected chi connectivity index (χ1v) is 5.15. The van der Waals surface area contributed by atoms with Crippen LogP contribution in [0.15, 0.2) is 48.8 Å². The second-order valence-corrected chi connectivity index (χ2v) is 3.65. The molecular weight excluding hydrogens is 235 g/mol. The van der Waals surface area contributed by atoms with E-state index in [2.05, 4.69) is 9.97 Å². The van der Waals surface area contributed by atoms with Crippen LogP contribution in [-0.4, -0.2) is 26.7 Å². The van der Waals surface area contributed by atoms with E-state index in [0.29, 0.717) is 0 Å². The van der Waals surface area contributed by atoms with E-state index in [4.69, 9.17) is 0 Å². The van der Waals surface area contributed by atoms with Crippen LogP contribution in [0.1, 0.15) is 0 Å². The fourth-order valence-electron chi connectivity index (χ4n) is 1.09. The molecule has 0 N–H and O–H groups in total. The normalized spacial score (nSPS) is 9.79. The Hall–Kier alpha value is -1.36. The van der Waals surface area contributed by atoms with Gasteiger partial charge in [-0.15, -0.1) is 0 Å². The first-order chi connectivity index (χ1) is 6.88. The molecule has 2 aromatic rings. The van der Waals surface area contributed by atoms with Gasteiger partial charge in [0.2, 0.25) is 0 Å². The monoisotopic (exact) mass is 244 g/mol. The molecule has 0 saturated heterocycles. The van der Waals surface area contributed by atoms with E-state index in [1.54, 1.807) is 12.4 Å². The topological polar surface area (TPSA) is 29.0 Å². The van der Waals surface area contributed by atoms with E-state index in [-0.39, 0.29) is 0 Å². The van der Waals surface area contributed by atoms with Crippen LogP contribution in [-0.2, 0) is 0 Å². The number of aromatic nitrogens is 2. The molecule has 3 radical (unpaired) electrons. The molecule has 0 atom stereocenters. The third-order valence-corrected chi connectivity index (χ3v) is 2.72. The molecule has 0 unspecified atom stereocenters. The van der Waals surface area contributed by atoms with Gasteiger partial charge in [0.1, 0.15) is 0 Å². The number of nitrogens with zero attached hydrogens (tertiary/aromatic N) is 3. The molecule has 0 saturated carbocycles. The molecule has 0 fully saturated rings. The second-order valence-electron chi connectivity index (χ2n) is 2.71. The van der Waals surface area contributed by atoms with Gasteiger partial charge in [0.15, 0.2) is 0 Å². The van der Waals surface area contributed by atoms with Crippen molar-refractivity contribution in [3.05, 3.63) is 48.8 Å². The van der Waals surface area contributed by atoms with E-state index >= 15 is 0 Å². The van der Waals surface area contributed by atoms with Gasteiger partial charge in [-0.25, -0.2) is 0 Å².